The van der Waals surface area contributed by atoms with Crippen LogP contribution < -0.4 is 0 Å². The normalized spacial score (nSPS) is 11.8. The van der Waals surface area contributed by atoms with Gasteiger partial charge >= 0.3 is 0 Å². The summed E-state index contributed by atoms with van der Waals surface area (Å²) in [6.07, 6.45) is 9.80. The Morgan fingerprint density at radius 1 is 0.926 bits per heavy atom. The number of hydrogen-bond donors (Lipinski definition) is 0. The molecule has 0 fully saturated rings. The molecule has 0 amide bonds. The van der Waals surface area contributed by atoms with Gasteiger partial charge in [-0.25, -0.2) is 9.50 Å². The number of fused-ring (bicyclic) bond motifs is 1. The van der Waals surface area contributed by atoms with E-state index < -0.39 is 0 Å². The quantitative estimate of drug-likeness (QED) is 0.542. The predicted octanol–water partition coefficient (Wildman–Crippen LogP) is 3.82. The Bertz CT molecular complexity index is 1060. The highest BCUT2D eigenvalue weighted by Crippen LogP contribution is 2.27. The third-order valence-corrected chi connectivity index (χ3v) is 4.67. The topological polar surface area (TPSA) is 65.2 Å². The molecule has 136 valence electrons. The van der Waals surface area contributed by atoms with E-state index in [0.717, 1.165) is 40.1 Å². The first-order valence-corrected chi connectivity index (χ1v) is 8.81. The average molecular weight is 359 g/mol. The van der Waals surface area contributed by atoms with Gasteiger partial charge in [-0.3, -0.25) is 9.97 Å². The lowest BCUT2D eigenvalue weighted by Crippen LogP contribution is -2.25. The molecule has 6 nitrogen and oxygen atoms in total. The van der Waals surface area contributed by atoms with Crippen LogP contribution in [0.1, 0.15) is 19.5 Å². The SMILES string of the molecule is COC(C)(C)Cc1ccc(-c2cnc3c(-c4ccncc4)ccnn23)cn1. The van der Waals surface area contributed by atoms with E-state index in [0.29, 0.717) is 0 Å². The van der Waals surface area contributed by atoms with Crippen molar-refractivity contribution in [2.45, 2.75) is 25.9 Å². The summed E-state index contributed by atoms with van der Waals surface area (Å²) in [5.41, 5.74) is 5.52. The van der Waals surface area contributed by atoms with E-state index in [4.69, 9.17) is 4.74 Å². The maximum absolute atomic E-state index is 5.49. The van der Waals surface area contributed by atoms with Gasteiger partial charge in [0.15, 0.2) is 5.65 Å². The summed E-state index contributed by atoms with van der Waals surface area (Å²) in [4.78, 5) is 13.3. The molecule has 4 aromatic rings. The van der Waals surface area contributed by atoms with Crippen molar-refractivity contribution in [1.82, 2.24) is 24.6 Å². The minimum absolute atomic E-state index is 0.237. The van der Waals surface area contributed by atoms with Gasteiger partial charge in [0.2, 0.25) is 0 Å². The molecule has 0 radical (unpaired) electrons. The molecular formula is C21H21N5O. The Morgan fingerprint density at radius 3 is 2.44 bits per heavy atom. The van der Waals surface area contributed by atoms with E-state index in [2.05, 4.69) is 40.0 Å². The molecule has 0 aliphatic carbocycles. The fourth-order valence-corrected chi connectivity index (χ4v) is 3.04. The summed E-state index contributed by atoms with van der Waals surface area (Å²) in [7, 11) is 1.72. The summed E-state index contributed by atoms with van der Waals surface area (Å²) in [5, 5.41) is 4.49. The molecule has 0 saturated carbocycles. The monoisotopic (exact) mass is 359 g/mol. The van der Waals surface area contributed by atoms with E-state index in [1.165, 1.54) is 0 Å². The molecule has 0 bridgehead atoms. The standard InChI is InChI=1S/C21H21N5O/c1-21(2,27-3)12-17-5-4-16(13-23-17)19-14-24-20-18(8-11-25-26(19)20)15-6-9-22-10-7-15/h4-11,13-14H,12H2,1-3H3. The van der Waals surface area contributed by atoms with Gasteiger partial charge in [-0.2, -0.15) is 5.10 Å². The maximum Gasteiger partial charge on any atom is 0.162 e. The van der Waals surface area contributed by atoms with Crippen molar-refractivity contribution < 1.29 is 4.74 Å². The van der Waals surface area contributed by atoms with Gasteiger partial charge in [-0.1, -0.05) is 0 Å². The van der Waals surface area contributed by atoms with Crippen LogP contribution in [0.4, 0.5) is 0 Å². The van der Waals surface area contributed by atoms with Crippen molar-refractivity contribution in [1.29, 1.82) is 0 Å². The highest BCUT2D eigenvalue weighted by atomic mass is 16.5. The first-order chi connectivity index (χ1) is 13.1. The number of rotatable bonds is 5. The van der Waals surface area contributed by atoms with Crippen LogP contribution in [0.5, 0.6) is 0 Å². The zero-order chi connectivity index (χ0) is 18.9. The predicted molar refractivity (Wildman–Crippen MR) is 104 cm³/mol. The summed E-state index contributed by atoms with van der Waals surface area (Å²) in [5.74, 6) is 0. The maximum atomic E-state index is 5.49. The van der Waals surface area contributed by atoms with Crippen LogP contribution >= 0.6 is 0 Å². The molecule has 0 aliphatic heterocycles. The molecule has 0 unspecified atom stereocenters. The molecule has 0 aromatic carbocycles. The molecule has 4 heterocycles. The molecule has 27 heavy (non-hydrogen) atoms. The number of methoxy groups -OCH3 is 1. The Balaban J connectivity index is 1.71. The van der Waals surface area contributed by atoms with E-state index in [-0.39, 0.29) is 5.60 Å². The van der Waals surface area contributed by atoms with Gasteiger partial charge in [-0.05, 0) is 49.7 Å². The average Bonchev–Trinajstić information content (AvgIpc) is 3.13. The molecule has 6 heteroatoms. The number of pyridine rings is 2. The Morgan fingerprint density at radius 2 is 1.74 bits per heavy atom. The highest BCUT2D eigenvalue weighted by Gasteiger charge is 2.18. The van der Waals surface area contributed by atoms with Crippen molar-refractivity contribution in [2.75, 3.05) is 7.11 Å². The van der Waals surface area contributed by atoms with Crippen molar-refractivity contribution in [2.24, 2.45) is 0 Å². The van der Waals surface area contributed by atoms with Crippen LogP contribution in [0.2, 0.25) is 0 Å². The van der Waals surface area contributed by atoms with Crippen LogP contribution in [-0.4, -0.2) is 37.3 Å². The Kier molecular flexibility index (Phi) is 4.41. The number of nitrogens with zero attached hydrogens (tertiary/aromatic N) is 5. The molecule has 4 rings (SSSR count). The third-order valence-electron chi connectivity index (χ3n) is 4.67. The zero-order valence-electron chi connectivity index (χ0n) is 15.6. The molecule has 0 atom stereocenters. The van der Waals surface area contributed by atoms with Gasteiger partial charge < -0.3 is 4.74 Å². The van der Waals surface area contributed by atoms with Crippen LogP contribution in [0.25, 0.3) is 28.0 Å². The Labute approximate surface area is 157 Å². The summed E-state index contributed by atoms with van der Waals surface area (Å²) in [6.45, 7) is 4.11. The minimum atomic E-state index is -0.237. The second kappa shape index (κ2) is 6.89. The lowest BCUT2D eigenvalue weighted by molar-refractivity contribution is 0.0224. The van der Waals surface area contributed by atoms with E-state index in [1.807, 2.05) is 41.2 Å². The van der Waals surface area contributed by atoms with Gasteiger partial charge in [0.25, 0.3) is 0 Å². The van der Waals surface area contributed by atoms with Crippen molar-refractivity contribution in [3.63, 3.8) is 0 Å². The summed E-state index contributed by atoms with van der Waals surface area (Å²) < 4.78 is 7.34. The van der Waals surface area contributed by atoms with Crippen LogP contribution in [0.15, 0.2) is 61.3 Å². The fourth-order valence-electron chi connectivity index (χ4n) is 3.04. The molecular weight excluding hydrogens is 338 g/mol. The highest BCUT2D eigenvalue weighted by molar-refractivity contribution is 5.79. The Hall–Kier alpha value is -3.12. The number of imidazole rings is 1. The lowest BCUT2D eigenvalue weighted by Gasteiger charge is -2.22. The van der Waals surface area contributed by atoms with Gasteiger partial charge in [0.05, 0.1) is 17.5 Å². The first kappa shape index (κ1) is 17.3. The minimum Gasteiger partial charge on any atom is -0.378 e. The van der Waals surface area contributed by atoms with Crippen LogP contribution in [0.3, 0.4) is 0 Å². The molecule has 0 N–H and O–H groups in total. The summed E-state index contributed by atoms with van der Waals surface area (Å²) in [6, 6.07) is 9.99. The molecule has 4 aromatic heterocycles. The van der Waals surface area contributed by atoms with Crippen LogP contribution in [0, 0.1) is 0 Å². The van der Waals surface area contributed by atoms with Crippen LogP contribution in [-0.2, 0) is 11.2 Å². The van der Waals surface area contributed by atoms with Gasteiger partial charge in [0, 0.05) is 55.1 Å². The van der Waals surface area contributed by atoms with Crippen molar-refractivity contribution in [3.8, 4) is 22.4 Å². The second-order valence-corrected chi connectivity index (χ2v) is 7.04. The number of hydrogen-bond acceptors (Lipinski definition) is 5. The van der Waals surface area contributed by atoms with Gasteiger partial charge in [-0.15, -0.1) is 0 Å². The molecule has 0 aliphatic rings. The fraction of sp³-hybridized carbons (Fsp3) is 0.238. The van der Waals surface area contributed by atoms with Gasteiger partial charge in [0.1, 0.15) is 0 Å². The summed E-state index contributed by atoms with van der Waals surface area (Å²) >= 11 is 0. The largest absolute Gasteiger partial charge is 0.378 e. The second-order valence-electron chi connectivity index (χ2n) is 7.04. The van der Waals surface area contributed by atoms with Crippen molar-refractivity contribution in [3.05, 3.63) is 67.0 Å². The smallest absolute Gasteiger partial charge is 0.162 e. The van der Waals surface area contributed by atoms with E-state index in [9.17, 15) is 0 Å². The van der Waals surface area contributed by atoms with E-state index >= 15 is 0 Å². The third kappa shape index (κ3) is 3.44. The number of ether oxygens (including phenoxy) is 1. The van der Waals surface area contributed by atoms with E-state index in [1.54, 1.807) is 25.7 Å². The molecule has 0 saturated heterocycles. The lowest BCUT2D eigenvalue weighted by atomic mass is 10.0. The molecule has 0 spiro atoms. The first-order valence-electron chi connectivity index (χ1n) is 8.81. The number of aromatic nitrogens is 5. The zero-order valence-corrected chi connectivity index (χ0v) is 15.6. The van der Waals surface area contributed by atoms with Crippen molar-refractivity contribution >= 4 is 5.65 Å².